The lowest BCUT2D eigenvalue weighted by Gasteiger charge is -2.16. The lowest BCUT2D eigenvalue weighted by Crippen LogP contribution is -2.24. The number of nitrogens with zero attached hydrogens (tertiary/aromatic N) is 3. The largest absolute Gasteiger partial charge is 0.494 e. The first-order valence-corrected chi connectivity index (χ1v) is 10.2. The van der Waals surface area contributed by atoms with Gasteiger partial charge in [0.15, 0.2) is 0 Å². The van der Waals surface area contributed by atoms with Crippen molar-refractivity contribution in [3.05, 3.63) is 60.0 Å². The summed E-state index contributed by atoms with van der Waals surface area (Å²) in [5, 5.41) is 4.10. The maximum absolute atomic E-state index is 12.5. The van der Waals surface area contributed by atoms with Crippen LogP contribution in [-0.2, 0) is 11.3 Å². The maximum Gasteiger partial charge on any atom is 0.232 e. The van der Waals surface area contributed by atoms with Crippen LogP contribution < -0.4 is 9.47 Å². The van der Waals surface area contributed by atoms with Gasteiger partial charge < -0.3 is 18.9 Å². The molecule has 0 N–H and O–H groups in total. The normalized spacial score (nSPS) is 16.1. The minimum Gasteiger partial charge on any atom is -0.494 e. The number of amides is 1. The third-order valence-electron chi connectivity index (χ3n) is 5.01. The number of hydrogen-bond donors (Lipinski definition) is 0. The molecule has 2 aromatic carbocycles. The Balaban J connectivity index is 1.42. The van der Waals surface area contributed by atoms with Crippen LogP contribution in [-0.4, -0.2) is 40.7 Å². The first kappa shape index (κ1) is 19.9. The average molecular weight is 407 g/mol. The van der Waals surface area contributed by atoms with E-state index in [-0.39, 0.29) is 11.8 Å². The molecule has 1 aliphatic heterocycles. The lowest BCUT2D eigenvalue weighted by molar-refractivity contribution is -0.128. The van der Waals surface area contributed by atoms with Crippen LogP contribution in [0.4, 0.5) is 0 Å². The topological polar surface area (TPSA) is 77.7 Å². The zero-order valence-corrected chi connectivity index (χ0v) is 17.2. The average Bonchev–Trinajstić information content (AvgIpc) is 3.37. The predicted molar refractivity (Wildman–Crippen MR) is 111 cm³/mol. The number of rotatable bonds is 8. The molecule has 4 rings (SSSR count). The number of carbonyl (C=O) groups is 1. The summed E-state index contributed by atoms with van der Waals surface area (Å²) < 4.78 is 16.5. The van der Waals surface area contributed by atoms with E-state index in [1.807, 2.05) is 67.3 Å². The molecule has 1 saturated heterocycles. The molecule has 1 amide bonds. The van der Waals surface area contributed by atoms with Gasteiger partial charge in [-0.25, -0.2) is 0 Å². The molecule has 156 valence electrons. The molecule has 7 nitrogen and oxygen atoms in total. The molecule has 3 aromatic rings. The molecule has 0 spiro atoms. The van der Waals surface area contributed by atoms with E-state index in [4.69, 9.17) is 14.0 Å². The van der Waals surface area contributed by atoms with Crippen molar-refractivity contribution >= 4 is 5.91 Å². The van der Waals surface area contributed by atoms with E-state index in [1.165, 1.54) is 0 Å². The van der Waals surface area contributed by atoms with Gasteiger partial charge >= 0.3 is 0 Å². The summed E-state index contributed by atoms with van der Waals surface area (Å²) in [6.45, 7) is 6.23. The van der Waals surface area contributed by atoms with E-state index in [2.05, 4.69) is 10.1 Å². The Morgan fingerprint density at radius 2 is 1.83 bits per heavy atom. The fraction of sp³-hybridized carbons (Fsp3) is 0.348. The Labute approximate surface area is 175 Å². The fourth-order valence-electron chi connectivity index (χ4n) is 3.60. The summed E-state index contributed by atoms with van der Waals surface area (Å²) in [7, 11) is 0. The van der Waals surface area contributed by atoms with E-state index in [0.717, 1.165) is 22.6 Å². The van der Waals surface area contributed by atoms with Crippen molar-refractivity contribution in [2.24, 2.45) is 0 Å². The zero-order chi connectivity index (χ0) is 20.9. The third-order valence-corrected chi connectivity index (χ3v) is 5.01. The third kappa shape index (κ3) is 4.45. The standard InChI is InChI=1S/C23H25N3O4/c1-3-28-19-10-8-17(9-11-19)22-24-23(30-25-22)18-13-21(27)26(15-18)14-16-6-5-7-20(12-16)29-4-2/h5-12,18H,3-4,13-15H2,1-2H3. The summed E-state index contributed by atoms with van der Waals surface area (Å²) in [6, 6.07) is 15.4. The fourth-order valence-corrected chi connectivity index (χ4v) is 3.60. The number of carbonyl (C=O) groups excluding carboxylic acids is 1. The molecule has 30 heavy (non-hydrogen) atoms. The smallest absolute Gasteiger partial charge is 0.232 e. The highest BCUT2D eigenvalue weighted by molar-refractivity contribution is 5.79. The highest BCUT2D eigenvalue weighted by atomic mass is 16.5. The van der Waals surface area contributed by atoms with E-state index in [9.17, 15) is 4.79 Å². The van der Waals surface area contributed by atoms with Crippen molar-refractivity contribution in [2.45, 2.75) is 32.7 Å². The molecule has 7 heteroatoms. The van der Waals surface area contributed by atoms with Gasteiger partial charge in [0, 0.05) is 25.1 Å². The Morgan fingerprint density at radius 3 is 2.60 bits per heavy atom. The highest BCUT2D eigenvalue weighted by Crippen LogP contribution is 2.30. The molecule has 0 aliphatic carbocycles. The number of likely N-dealkylation sites (tertiary alicyclic amines) is 1. The van der Waals surface area contributed by atoms with Gasteiger partial charge in [0.2, 0.25) is 17.6 Å². The van der Waals surface area contributed by atoms with Crippen LogP contribution in [0.3, 0.4) is 0 Å². The molecular weight excluding hydrogens is 382 g/mol. The van der Waals surface area contributed by atoms with Crippen molar-refractivity contribution in [1.29, 1.82) is 0 Å². The molecule has 1 atom stereocenters. The summed E-state index contributed by atoms with van der Waals surface area (Å²) >= 11 is 0. The van der Waals surface area contributed by atoms with Crippen LogP contribution >= 0.6 is 0 Å². The second kappa shape index (κ2) is 8.98. The first-order valence-electron chi connectivity index (χ1n) is 10.2. The molecule has 2 heterocycles. The molecular formula is C23H25N3O4. The summed E-state index contributed by atoms with van der Waals surface area (Å²) in [6.07, 6.45) is 0.371. The van der Waals surface area contributed by atoms with Crippen LogP contribution in [0.2, 0.25) is 0 Å². The molecule has 0 radical (unpaired) electrons. The Hall–Kier alpha value is -3.35. The van der Waals surface area contributed by atoms with Crippen molar-refractivity contribution in [1.82, 2.24) is 15.0 Å². The van der Waals surface area contributed by atoms with Gasteiger partial charge in [-0.3, -0.25) is 4.79 Å². The molecule has 1 unspecified atom stereocenters. The van der Waals surface area contributed by atoms with Crippen LogP contribution in [0.15, 0.2) is 53.1 Å². The van der Waals surface area contributed by atoms with Crippen LogP contribution in [0.1, 0.15) is 37.6 Å². The maximum atomic E-state index is 12.5. The van der Waals surface area contributed by atoms with Gasteiger partial charge in [0.05, 0.1) is 19.1 Å². The van der Waals surface area contributed by atoms with Gasteiger partial charge in [0.1, 0.15) is 11.5 Å². The Kier molecular flexibility index (Phi) is 5.97. The summed E-state index contributed by atoms with van der Waals surface area (Å²) in [5.41, 5.74) is 1.89. The minimum absolute atomic E-state index is 0.0858. The second-order valence-corrected chi connectivity index (χ2v) is 7.17. The summed E-state index contributed by atoms with van der Waals surface area (Å²) in [4.78, 5) is 18.9. The minimum atomic E-state index is -0.100. The van der Waals surface area contributed by atoms with Gasteiger partial charge in [-0.05, 0) is 55.8 Å². The monoisotopic (exact) mass is 407 g/mol. The quantitative estimate of drug-likeness (QED) is 0.561. The Morgan fingerprint density at radius 1 is 1.07 bits per heavy atom. The van der Waals surface area contributed by atoms with Crippen molar-refractivity contribution in [3.8, 4) is 22.9 Å². The zero-order valence-electron chi connectivity index (χ0n) is 17.2. The van der Waals surface area contributed by atoms with E-state index in [0.29, 0.717) is 44.4 Å². The van der Waals surface area contributed by atoms with Crippen molar-refractivity contribution in [2.75, 3.05) is 19.8 Å². The van der Waals surface area contributed by atoms with Crippen molar-refractivity contribution < 1.29 is 18.8 Å². The van der Waals surface area contributed by atoms with Gasteiger partial charge in [-0.1, -0.05) is 17.3 Å². The van der Waals surface area contributed by atoms with Gasteiger partial charge in [-0.2, -0.15) is 4.98 Å². The van der Waals surface area contributed by atoms with Crippen LogP contribution in [0.5, 0.6) is 11.5 Å². The number of benzene rings is 2. The first-order chi connectivity index (χ1) is 14.7. The van der Waals surface area contributed by atoms with E-state index in [1.54, 1.807) is 0 Å². The molecule has 0 bridgehead atoms. The second-order valence-electron chi connectivity index (χ2n) is 7.17. The molecule has 0 saturated carbocycles. The van der Waals surface area contributed by atoms with Gasteiger partial charge in [-0.15, -0.1) is 0 Å². The van der Waals surface area contributed by atoms with E-state index < -0.39 is 0 Å². The van der Waals surface area contributed by atoms with Gasteiger partial charge in [0.25, 0.3) is 0 Å². The number of ether oxygens (including phenoxy) is 2. The number of hydrogen-bond acceptors (Lipinski definition) is 6. The SMILES string of the molecule is CCOc1ccc(-c2noc(C3CC(=O)N(Cc4cccc(OCC)c4)C3)n2)cc1. The lowest BCUT2D eigenvalue weighted by atomic mass is 10.1. The number of aromatic nitrogens is 2. The predicted octanol–water partition coefficient (Wildman–Crippen LogP) is 4.05. The van der Waals surface area contributed by atoms with Crippen molar-refractivity contribution in [3.63, 3.8) is 0 Å². The Bertz CT molecular complexity index is 1000. The highest BCUT2D eigenvalue weighted by Gasteiger charge is 2.34. The molecule has 1 aromatic heterocycles. The molecule has 1 fully saturated rings. The van der Waals surface area contributed by atoms with Crippen LogP contribution in [0, 0.1) is 0 Å². The van der Waals surface area contributed by atoms with E-state index >= 15 is 0 Å². The molecule has 1 aliphatic rings. The van der Waals surface area contributed by atoms with Crippen LogP contribution in [0.25, 0.3) is 11.4 Å². The summed E-state index contributed by atoms with van der Waals surface area (Å²) in [5.74, 6) is 2.62.